The van der Waals surface area contributed by atoms with Crippen molar-refractivity contribution in [2.75, 3.05) is 5.32 Å². The SMILES string of the molecule is C=CCc1cc(/C=C(/C#N)C(=O)Nc2ccc(C)c(Cl)c2)cc(Br)c1OCc1ccccc1C#N. The molecule has 174 valence electrons. The summed E-state index contributed by atoms with van der Waals surface area (Å²) in [5.74, 6) is 0.0642. The lowest BCUT2D eigenvalue weighted by atomic mass is 10.0. The Balaban J connectivity index is 1.87. The maximum Gasteiger partial charge on any atom is 0.266 e. The maximum absolute atomic E-state index is 12.7. The van der Waals surface area contributed by atoms with E-state index in [1.54, 1.807) is 42.5 Å². The molecule has 5 nitrogen and oxygen atoms in total. The standard InChI is InChI=1S/C28H21BrClN3O2/c1-3-6-20-11-19(12-23(16-32)28(34)33-24-10-9-18(2)26(30)14-24)13-25(29)27(20)35-17-22-8-5-4-7-21(22)15-31/h3-5,7-14H,1,6,17H2,2H3,(H,33,34)/b23-12-. The van der Waals surface area contributed by atoms with Crippen LogP contribution in [0.3, 0.4) is 0 Å². The number of carbonyl (C=O) groups is 1. The third kappa shape index (κ3) is 6.61. The Labute approximate surface area is 218 Å². The minimum absolute atomic E-state index is 0.0604. The molecule has 0 heterocycles. The van der Waals surface area contributed by atoms with E-state index in [-0.39, 0.29) is 12.2 Å². The number of hydrogen-bond acceptors (Lipinski definition) is 4. The van der Waals surface area contributed by atoms with Crippen LogP contribution in [0.5, 0.6) is 5.75 Å². The minimum Gasteiger partial charge on any atom is -0.487 e. The Morgan fingerprint density at radius 2 is 1.94 bits per heavy atom. The molecule has 1 amide bonds. The number of anilines is 1. The van der Waals surface area contributed by atoms with Gasteiger partial charge in [0.15, 0.2) is 0 Å². The zero-order valence-electron chi connectivity index (χ0n) is 18.9. The number of nitrogens with one attached hydrogen (secondary N) is 1. The molecule has 0 bridgehead atoms. The molecule has 0 aliphatic heterocycles. The summed E-state index contributed by atoms with van der Waals surface area (Å²) in [5.41, 5.74) is 4.11. The van der Waals surface area contributed by atoms with E-state index in [1.807, 2.05) is 31.2 Å². The first kappa shape index (κ1) is 25.8. The highest BCUT2D eigenvalue weighted by atomic mass is 79.9. The molecule has 0 saturated carbocycles. The third-order valence-electron chi connectivity index (χ3n) is 5.12. The summed E-state index contributed by atoms with van der Waals surface area (Å²) in [6.07, 6.45) is 3.76. The number of rotatable bonds is 8. The maximum atomic E-state index is 12.7. The van der Waals surface area contributed by atoms with Gasteiger partial charge in [0.1, 0.15) is 24.0 Å². The molecular formula is C28H21BrClN3O2. The summed E-state index contributed by atoms with van der Waals surface area (Å²) in [6.45, 7) is 5.89. The van der Waals surface area contributed by atoms with Crippen LogP contribution in [0, 0.1) is 29.6 Å². The van der Waals surface area contributed by atoms with Crippen LogP contribution in [-0.2, 0) is 17.8 Å². The lowest BCUT2D eigenvalue weighted by Gasteiger charge is -2.15. The Hall–Kier alpha value is -3.84. The van der Waals surface area contributed by atoms with E-state index in [0.717, 1.165) is 16.7 Å². The predicted octanol–water partition coefficient (Wildman–Crippen LogP) is 7.14. The Bertz CT molecular complexity index is 1400. The van der Waals surface area contributed by atoms with E-state index >= 15 is 0 Å². The number of halogens is 2. The highest BCUT2D eigenvalue weighted by Gasteiger charge is 2.14. The monoisotopic (exact) mass is 545 g/mol. The van der Waals surface area contributed by atoms with Crippen molar-refractivity contribution in [3.05, 3.63) is 110 Å². The number of carbonyl (C=O) groups excluding carboxylic acids is 1. The molecule has 0 aliphatic rings. The number of hydrogen-bond donors (Lipinski definition) is 1. The number of nitrogens with zero attached hydrogens (tertiary/aromatic N) is 2. The van der Waals surface area contributed by atoms with Crippen LogP contribution in [-0.4, -0.2) is 5.91 Å². The molecule has 3 aromatic rings. The van der Waals surface area contributed by atoms with Crippen molar-refractivity contribution in [2.45, 2.75) is 20.0 Å². The summed E-state index contributed by atoms with van der Waals surface area (Å²) in [6, 6.07) is 20.1. The fourth-order valence-corrected chi connectivity index (χ4v) is 4.13. The second kappa shape index (κ2) is 12.0. The van der Waals surface area contributed by atoms with Crippen molar-refractivity contribution in [1.82, 2.24) is 0 Å². The van der Waals surface area contributed by atoms with Gasteiger partial charge in [0, 0.05) is 16.3 Å². The molecule has 0 saturated heterocycles. The lowest BCUT2D eigenvalue weighted by Crippen LogP contribution is -2.13. The summed E-state index contributed by atoms with van der Waals surface area (Å²) < 4.78 is 6.71. The molecule has 0 atom stereocenters. The molecule has 0 fully saturated rings. The van der Waals surface area contributed by atoms with Crippen molar-refractivity contribution in [2.24, 2.45) is 0 Å². The molecule has 3 rings (SSSR count). The van der Waals surface area contributed by atoms with Crippen LogP contribution in [0.15, 0.2) is 77.3 Å². The molecule has 35 heavy (non-hydrogen) atoms. The van der Waals surface area contributed by atoms with E-state index in [4.69, 9.17) is 16.3 Å². The number of aryl methyl sites for hydroxylation is 1. The first-order valence-corrected chi connectivity index (χ1v) is 11.8. The molecule has 7 heteroatoms. The number of benzene rings is 3. The van der Waals surface area contributed by atoms with E-state index in [9.17, 15) is 15.3 Å². The second-order valence-corrected chi connectivity index (χ2v) is 8.89. The zero-order valence-corrected chi connectivity index (χ0v) is 21.3. The van der Waals surface area contributed by atoms with E-state index < -0.39 is 5.91 Å². The van der Waals surface area contributed by atoms with Crippen molar-refractivity contribution in [1.29, 1.82) is 10.5 Å². The van der Waals surface area contributed by atoms with Gasteiger partial charge in [-0.1, -0.05) is 41.9 Å². The van der Waals surface area contributed by atoms with Crippen molar-refractivity contribution >= 4 is 45.2 Å². The van der Waals surface area contributed by atoms with Gasteiger partial charge in [0.2, 0.25) is 0 Å². The Morgan fingerprint density at radius 3 is 2.63 bits per heavy atom. The predicted molar refractivity (Wildman–Crippen MR) is 142 cm³/mol. The fourth-order valence-electron chi connectivity index (χ4n) is 3.32. The summed E-state index contributed by atoms with van der Waals surface area (Å²) in [5, 5.41) is 22.2. The largest absolute Gasteiger partial charge is 0.487 e. The first-order valence-electron chi connectivity index (χ1n) is 10.6. The van der Waals surface area contributed by atoms with Gasteiger partial charge in [-0.3, -0.25) is 4.79 Å². The van der Waals surface area contributed by atoms with E-state index in [1.165, 1.54) is 6.08 Å². The Morgan fingerprint density at radius 1 is 1.17 bits per heavy atom. The van der Waals surface area contributed by atoms with Crippen LogP contribution in [0.2, 0.25) is 5.02 Å². The highest BCUT2D eigenvalue weighted by molar-refractivity contribution is 9.10. The summed E-state index contributed by atoms with van der Waals surface area (Å²) in [4.78, 5) is 12.7. The van der Waals surface area contributed by atoms with Crippen LogP contribution in [0.25, 0.3) is 6.08 Å². The number of amides is 1. The van der Waals surface area contributed by atoms with Crippen LogP contribution < -0.4 is 10.1 Å². The molecule has 0 aliphatic carbocycles. The number of ether oxygens (including phenoxy) is 1. The number of nitriles is 2. The first-order chi connectivity index (χ1) is 16.9. The van der Waals surface area contributed by atoms with Gasteiger partial charge < -0.3 is 10.1 Å². The molecule has 0 spiro atoms. The summed E-state index contributed by atoms with van der Waals surface area (Å²) in [7, 11) is 0. The zero-order chi connectivity index (χ0) is 25.4. The molecule has 0 aromatic heterocycles. The lowest BCUT2D eigenvalue weighted by molar-refractivity contribution is -0.112. The molecular weight excluding hydrogens is 526 g/mol. The van der Waals surface area contributed by atoms with Crippen molar-refractivity contribution in [3.63, 3.8) is 0 Å². The van der Waals surface area contributed by atoms with Gasteiger partial charge in [-0.15, -0.1) is 6.58 Å². The van der Waals surface area contributed by atoms with Gasteiger partial charge in [-0.2, -0.15) is 10.5 Å². The van der Waals surface area contributed by atoms with E-state index in [0.29, 0.717) is 38.5 Å². The van der Waals surface area contributed by atoms with E-state index in [2.05, 4.69) is 33.9 Å². The van der Waals surface area contributed by atoms with Crippen LogP contribution in [0.1, 0.15) is 27.8 Å². The normalized spacial score (nSPS) is 10.7. The molecule has 1 N–H and O–H groups in total. The fraction of sp³-hybridized carbons (Fsp3) is 0.107. The number of allylic oxidation sites excluding steroid dienone is 1. The topological polar surface area (TPSA) is 85.9 Å². The van der Waals surface area contributed by atoms with Crippen LogP contribution in [0.4, 0.5) is 5.69 Å². The highest BCUT2D eigenvalue weighted by Crippen LogP contribution is 2.33. The van der Waals surface area contributed by atoms with Crippen LogP contribution >= 0.6 is 27.5 Å². The minimum atomic E-state index is -0.540. The van der Waals surface area contributed by atoms with Gasteiger partial charge in [-0.05, 0) is 82.4 Å². The quantitative estimate of drug-likeness (QED) is 0.185. The van der Waals surface area contributed by atoms with Gasteiger partial charge in [-0.25, -0.2) is 0 Å². The Kier molecular flexibility index (Phi) is 8.86. The second-order valence-electron chi connectivity index (χ2n) is 7.63. The van der Waals surface area contributed by atoms with Gasteiger partial charge >= 0.3 is 0 Å². The molecule has 3 aromatic carbocycles. The average molecular weight is 547 g/mol. The average Bonchev–Trinajstić information content (AvgIpc) is 2.84. The van der Waals surface area contributed by atoms with Gasteiger partial charge in [0.05, 0.1) is 16.1 Å². The summed E-state index contributed by atoms with van der Waals surface area (Å²) >= 11 is 9.67. The molecule has 0 radical (unpaired) electrons. The third-order valence-corrected chi connectivity index (χ3v) is 6.12. The molecule has 0 unspecified atom stereocenters. The van der Waals surface area contributed by atoms with Crippen molar-refractivity contribution < 1.29 is 9.53 Å². The smallest absolute Gasteiger partial charge is 0.266 e. The van der Waals surface area contributed by atoms with Crippen molar-refractivity contribution in [3.8, 4) is 17.9 Å². The van der Waals surface area contributed by atoms with Gasteiger partial charge in [0.25, 0.3) is 5.91 Å².